The van der Waals surface area contributed by atoms with Crippen LogP contribution in [-0.2, 0) is 0 Å². The molecular weight excluding hydrogens is 342 g/mol. The van der Waals surface area contributed by atoms with E-state index >= 15 is 0 Å². The van der Waals surface area contributed by atoms with E-state index in [1.54, 1.807) is 44.4 Å². The van der Waals surface area contributed by atoms with Crippen molar-refractivity contribution >= 4 is 28.1 Å². The number of hydrogen-bond donors (Lipinski definition) is 1. The maximum Gasteiger partial charge on any atom is 0.272 e. The first-order chi connectivity index (χ1) is 11.8. The van der Waals surface area contributed by atoms with Crippen molar-refractivity contribution in [1.29, 1.82) is 0 Å². The lowest BCUT2D eigenvalue weighted by atomic mass is 10.1. The average molecular weight is 357 g/mol. The zero-order valence-electron chi connectivity index (χ0n) is 13.8. The van der Waals surface area contributed by atoms with Crippen molar-refractivity contribution in [1.82, 2.24) is 4.98 Å². The molecule has 3 aromatic rings. The number of carbonyl (C=O) groups excluding carboxylic acids is 1. The third-order valence-electron chi connectivity index (χ3n) is 3.71. The Morgan fingerprint density at radius 1 is 1.28 bits per heavy atom. The molecule has 8 heteroatoms. The highest BCUT2D eigenvalue weighted by atomic mass is 32.1. The van der Waals surface area contributed by atoms with Gasteiger partial charge in [-0.2, -0.15) is 0 Å². The van der Waals surface area contributed by atoms with Gasteiger partial charge < -0.3 is 4.42 Å². The number of carbonyl (C=O) groups is 1. The number of rotatable bonds is 4. The number of amides is 1. The first kappa shape index (κ1) is 16.8. The monoisotopic (exact) mass is 357 g/mol. The van der Waals surface area contributed by atoms with Crippen LogP contribution in [0.15, 0.2) is 34.1 Å². The fraction of sp³-hybridized carbons (Fsp3) is 0.176. The van der Waals surface area contributed by atoms with Crippen molar-refractivity contribution < 1.29 is 14.1 Å². The highest BCUT2D eigenvalue weighted by molar-refractivity contribution is 7.14. The molecular formula is C17H15N3O4S. The van der Waals surface area contributed by atoms with Crippen LogP contribution < -0.4 is 5.32 Å². The Balaban J connectivity index is 1.83. The molecule has 0 aliphatic carbocycles. The van der Waals surface area contributed by atoms with E-state index in [-0.39, 0.29) is 11.6 Å². The first-order valence-electron chi connectivity index (χ1n) is 7.44. The van der Waals surface area contributed by atoms with Crippen LogP contribution in [0.5, 0.6) is 0 Å². The highest BCUT2D eigenvalue weighted by Gasteiger charge is 2.17. The summed E-state index contributed by atoms with van der Waals surface area (Å²) in [7, 11) is 0. The summed E-state index contributed by atoms with van der Waals surface area (Å²) in [5, 5.41) is 16.0. The molecule has 0 saturated carbocycles. The molecule has 128 valence electrons. The van der Waals surface area contributed by atoms with Gasteiger partial charge in [0, 0.05) is 22.6 Å². The van der Waals surface area contributed by atoms with Crippen molar-refractivity contribution in [3.63, 3.8) is 0 Å². The highest BCUT2D eigenvalue weighted by Crippen LogP contribution is 2.29. The summed E-state index contributed by atoms with van der Waals surface area (Å²) in [5.74, 6) is 0.903. The van der Waals surface area contributed by atoms with Crippen molar-refractivity contribution in [2.75, 3.05) is 5.32 Å². The van der Waals surface area contributed by atoms with Crippen molar-refractivity contribution in [2.45, 2.75) is 20.8 Å². The smallest absolute Gasteiger partial charge is 0.272 e. The number of aryl methyl sites for hydroxylation is 3. The van der Waals surface area contributed by atoms with Crippen LogP contribution in [0.2, 0.25) is 0 Å². The minimum atomic E-state index is -0.419. The Kier molecular flexibility index (Phi) is 4.37. The molecule has 0 aliphatic rings. The van der Waals surface area contributed by atoms with Gasteiger partial charge in [-0.3, -0.25) is 20.2 Å². The number of hydrogen-bond acceptors (Lipinski definition) is 6. The predicted octanol–water partition coefficient (Wildman–Crippen LogP) is 4.49. The van der Waals surface area contributed by atoms with Gasteiger partial charge in [-0.25, -0.2) is 4.98 Å². The summed E-state index contributed by atoms with van der Waals surface area (Å²) < 4.78 is 5.35. The molecule has 0 radical (unpaired) electrons. The van der Waals surface area contributed by atoms with Crippen LogP contribution in [-0.4, -0.2) is 15.8 Å². The molecule has 0 unspecified atom stereocenters. The number of furan rings is 1. The number of benzene rings is 1. The molecule has 25 heavy (non-hydrogen) atoms. The van der Waals surface area contributed by atoms with E-state index in [1.165, 1.54) is 17.4 Å². The largest absolute Gasteiger partial charge is 0.466 e. The van der Waals surface area contributed by atoms with Crippen LogP contribution in [0.4, 0.5) is 10.8 Å². The summed E-state index contributed by atoms with van der Waals surface area (Å²) in [6.45, 7) is 5.18. The molecule has 1 aromatic carbocycles. The van der Waals surface area contributed by atoms with Gasteiger partial charge in [-0.05, 0) is 26.8 Å². The van der Waals surface area contributed by atoms with Crippen molar-refractivity contribution in [3.05, 3.63) is 62.4 Å². The van der Waals surface area contributed by atoms with E-state index in [0.717, 1.165) is 0 Å². The van der Waals surface area contributed by atoms with E-state index in [0.29, 0.717) is 39.0 Å². The number of nitro groups is 1. The fourth-order valence-corrected chi connectivity index (χ4v) is 3.16. The normalized spacial score (nSPS) is 10.7. The predicted molar refractivity (Wildman–Crippen MR) is 95.1 cm³/mol. The van der Waals surface area contributed by atoms with Gasteiger partial charge in [0.05, 0.1) is 16.2 Å². The number of nitro benzene ring substituents is 1. The van der Waals surface area contributed by atoms with E-state index in [4.69, 9.17) is 4.42 Å². The molecule has 0 fully saturated rings. The lowest BCUT2D eigenvalue weighted by Gasteiger charge is -2.01. The first-order valence-corrected chi connectivity index (χ1v) is 8.32. The molecule has 3 rings (SSSR count). The van der Waals surface area contributed by atoms with Crippen LogP contribution in [0.25, 0.3) is 11.3 Å². The van der Waals surface area contributed by atoms with Gasteiger partial charge in [0.1, 0.15) is 11.5 Å². The van der Waals surface area contributed by atoms with Gasteiger partial charge in [0.2, 0.25) is 0 Å². The second kappa shape index (κ2) is 6.48. The lowest BCUT2D eigenvalue weighted by Crippen LogP contribution is -2.11. The summed E-state index contributed by atoms with van der Waals surface area (Å²) in [5.41, 5.74) is 2.29. The number of anilines is 1. The zero-order chi connectivity index (χ0) is 18.1. The maximum absolute atomic E-state index is 12.3. The molecule has 1 N–H and O–H groups in total. The van der Waals surface area contributed by atoms with E-state index < -0.39 is 4.92 Å². The Hall–Kier alpha value is -3.00. The standard InChI is InChI=1S/C17H15N3O4S/c1-9-4-5-12(7-15(9)20(22)23)14-8-25-17(18-14)19-16(21)13-6-10(2)24-11(13)3/h4-8H,1-3H3,(H,18,19,21). The molecule has 2 heterocycles. The topological polar surface area (TPSA) is 98.3 Å². The van der Waals surface area contributed by atoms with Crippen molar-refractivity contribution in [3.8, 4) is 11.3 Å². The van der Waals surface area contributed by atoms with E-state index in [1.807, 2.05) is 0 Å². The summed E-state index contributed by atoms with van der Waals surface area (Å²) in [6, 6.07) is 6.61. The molecule has 0 atom stereocenters. The average Bonchev–Trinajstić information content (AvgIpc) is 3.13. The molecule has 0 bridgehead atoms. The van der Waals surface area contributed by atoms with Crippen LogP contribution >= 0.6 is 11.3 Å². The van der Waals surface area contributed by atoms with Crippen LogP contribution in [0.3, 0.4) is 0 Å². The Labute approximate surface area is 147 Å². The number of aromatic nitrogens is 1. The Morgan fingerprint density at radius 2 is 2.04 bits per heavy atom. The van der Waals surface area contributed by atoms with Crippen molar-refractivity contribution in [2.24, 2.45) is 0 Å². The molecule has 1 amide bonds. The quantitative estimate of drug-likeness (QED) is 0.548. The molecule has 7 nitrogen and oxygen atoms in total. The summed E-state index contributed by atoms with van der Waals surface area (Å²) in [6.07, 6.45) is 0. The summed E-state index contributed by atoms with van der Waals surface area (Å²) >= 11 is 1.25. The fourth-order valence-electron chi connectivity index (χ4n) is 2.45. The molecule has 0 spiro atoms. The third-order valence-corrected chi connectivity index (χ3v) is 4.47. The maximum atomic E-state index is 12.3. The molecule has 0 aliphatic heterocycles. The van der Waals surface area contributed by atoms with Gasteiger partial charge in [0.25, 0.3) is 11.6 Å². The summed E-state index contributed by atoms with van der Waals surface area (Å²) in [4.78, 5) is 27.3. The minimum absolute atomic E-state index is 0.0422. The number of nitrogens with zero attached hydrogens (tertiary/aromatic N) is 2. The SMILES string of the molecule is Cc1cc(C(=O)Nc2nc(-c3ccc(C)c([N+](=O)[O-])c3)cs2)c(C)o1. The van der Waals surface area contributed by atoms with Crippen LogP contribution in [0, 0.1) is 30.9 Å². The number of thiazole rings is 1. The van der Waals surface area contributed by atoms with Crippen LogP contribution in [0.1, 0.15) is 27.4 Å². The van der Waals surface area contributed by atoms with Gasteiger partial charge in [-0.15, -0.1) is 11.3 Å². The van der Waals surface area contributed by atoms with E-state index in [2.05, 4.69) is 10.3 Å². The second-order valence-electron chi connectivity index (χ2n) is 5.58. The zero-order valence-corrected chi connectivity index (χ0v) is 14.6. The third kappa shape index (κ3) is 3.43. The van der Waals surface area contributed by atoms with E-state index in [9.17, 15) is 14.9 Å². The Bertz CT molecular complexity index is 974. The van der Waals surface area contributed by atoms with Gasteiger partial charge in [-0.1, -0.05) is 12.1 Å². The van der Waals surface area contributed by atoms with Gasteiger partial charge >= 0.3 is 0 Å². The second-order valence-corrected chi connectivity index (χ2v) is 6.44. The molecule has 2 aromatic heterocycles. The minimum Gasteiger partial charge on any atom is -0.466 e. The van der Waals surface area contributed by atoms with Gasteiger partial charge in [0.15, 0.2) is 5.13 Å². The number of nitrogens with one attached hydrogen (secondary N) is 1. The molecule has 0 saturated heterocycles. The lowest BCUT2D eigenvalue weighted by molar-refractivity contribution is -0.385. The Morgan fingerprint density at radius 3 is 2.68 bits per heavy atom.